The van der Waals surface area contributed by atoms with Gasteiger partial charge in [-0.25, -0.2) is 0 Å². The van der Waals surface area contributed by atoms with Crippen LogP contribution in [0.15, 0.2) is 0 Å². The van der Waals surface area contributed by atoms with E-state index in [1.54, 1.807) is 7.05 Å². The van der Waals surface area contributed by atoms with Gasteiger partial charge < -0.3 is 16.2 Å². The van der Waals surface area contributed by atoms with Crippen molar-refractivity contribution in [3.8, 4) is 0 Å². The van der Waals surface area contributed by atoms with Gasteiger partial charge in [0.15, 0.2) is 0 Å². The molecule has 0 saturated carbocycles. The summed E-state index contributed by atoms with van der Waals surface area (Å²) < 4.78 is 27.9. The fraction of sp³-hybridized carbons (Fsp3) is 0.900. The quantitative estimate of drug-likeness (QED) is 0.517. The molecule has 18 heavy (non-hydrogen) atoms. The average Bonchev–Trinajstić information content (AvgIpc) is 2.26. The first-order valence-corrected chi connectivity index (χ1v) is 7.37. The van der Waals surface area contributed by atoms with Crippen LogP contribution in [-0.4, -0.2) is 49.9 Å². The lowest BCUT2D eigenvalue weighted by molar-refractivity contribution is -0.137. The lowest BCUT2D eigenvalue weighted by Gasteiger charge is -1.92. The molecular formula is C10H26N2O5S. The zero-order valence-electron chi connectivity index (χ0n) is 11.3. The summed E-state index contributed by atoms with van der Waals surface area (Å²) in [5, 5.41) is 10.5. The maximum atomic E-state index is 9.91. The molecule has 0 heterocycles. The smallest absolute Gasteiger partial charge is 0.303 e. The van der Waals surface area contributed by atoms with Crippen molar-refractivity contribution in [1.29, 1.82) is 0 Å². The zero-order valence-corrected chi connectivity index (χ0v) is 12.2. The number of carboxylic acids is 1. The minimum atomic E-state index is -3.75. The van der Waals surface area contributed by atoms with Crippen molar-refractivity contribution >= 4 is 16.1 Å². The highest BCUT2D eigenvalue weighted by Gasteiger charge is 2.00. The molecule has 7 nitrogen and oxygen atoms in total. The summed E-state index contributed by atoms with van der Waals surface area (Å²) >= 11 is 0. The molecular weight excluding hydrogens is 260 g/mol. The van der Waals surface area contributed by atoms with Crippen molar-refractivity contribution in [3.05, 3.63) is 0 Å². The lowest BCUT2D eigenvalue weighted by Crippen LogP contribution is -2.18. The molecule has 0 aliphatic rings. The summed E-state index contributed by atoms with van der Waals surface area (Å²) in [5.74, 6) is -0.929. The predicted octanol–water partition coefficient (Wildman–Crippen LogP) is 0.320. The minimum Gasteiger partial charge on any atom is -0.481 e. The third-order valence-electron chi connectivity index (χ3n) is 1.36. The standard InChI is InChI=1S/C4H8O2.C3H9NO3S.C3H9N/c1-2-3-4(5)6;1-4-2-3-8(5,6)7;1-2-3-4/h2-3H2,1H3,(H,5,6);4H,2-3H2,1H3,(H,5,6,7);2-4H2,1H3. The van der Waals surface area contributed by atoms with Gasteiger partial charge in [0, 0.05) is 13.0 Å². The van der Waals surface area contributed by atoms with E-state index in [2.05, 4.69) is 12.2 Å². The number of aliphatic carboxylic acids is 1. The van der Waals surface area contributed by atoms with Crippen LogP contribution in [0.1, 0.15) is 33.1 Å². The molecule has 0 aromatic rings. The van der Waals surface area contributed by atoms with Gasteiger partial charge in [0.25, 0.3) is 10.1 Å². The average molecular weight is 286 g/mol. The molecule has 0 spiro atoms. The van der Waals surface area contributed by atoms with Crippen LogP contribution in [0.4, 0.5) is 0 Å². The van der Waals surface area contributed by atoms with E-state index < -0.39 is 16.1 Å². The fourth-order valence-electron chi connectivity index (χ4n) is 0.445. The van der Waals surface area contributed by atoms with Gasteiger partial charge in [0.2, 0.25) is 0 Å². The summed E-state index contributed by atoms with van der Waals surface area (Å²) in [5.41, 5.74) is 5.03. The molecule has 0 amide bonds. The summed E-state index contributed by atoms with van der Waals surface area (Å²) in [6.07, 6.45) is 2.12. The van der Waals surface area contributed by atoms with Crippen molar-refractivity contribution in [2.75, 3.05) is 25.9 Å². The molecule has 0 aliphatic carbocycles. The Morgan fingerprint density at radius 1 is 1.28 bits per heavy atom. The lowest BCUT2D eigenvalue weighted by atomic mass is 10.4. The second kappa shape index (κ2) is 16.3. The van der Waals surface area contributed by atoms with Crippen molar-refractivity contribution < 1.29 is 22.9 Å². The van der Waals surface area contributed by atoms with Gasteiger partial charge in [0.1, 0.15) is 0 Å². The molecule has 0 aromatic carbocycles. The van der Waals surface area contributed by atoms with E-state index in [0.29, 0.717) is 13.0 Å². The Morgan fingerprint density at radius 3 is 1.78 bits per heavy atom. The Morgan fingerprint density at radius 2 is 1.72 bits per heavy atom. The highest BCUT2D eigenvalue weighted by atomic mass is 32.2. The molecule has 0 fully saturated rings. The van der Waals surface area contributed by atoms with Crippen LogP contribution in [0, 0.1) is 0 Å². The van der Waals surface area contributed by atoms with Crippen LogP contribution in [-0.2, 0) is 14.9 Å². The van der Waals surface area contributed by atoms with Crippen LogP contribution < -0.4 is 11.1 Å². The van der Waals surface area contributed by atoms with E-state index in [4.69, 9.17) is 15.4 Å². The molecule has 0 aliphatic heterocycles. The number of hydrogen-bond donors (Lipinski definition) is 4. The Kier molecular flexibility index (Phi) is 20.4. The highest BCUT2D eigenvalue weighted by Crippen LogP contribution is 1.82. The van der Waals surface area contributed by atoms with Crippen LogP contribution in [0.5, 0.6) is 0 Å². The van der Waals surface area contributed by atoms with E-state index in [9.17, 15) is 13.2 Å². The normalized spacial score (nSPS) is 9.61. The Balaban J connectivity index is -0.000000200. The van der Waals surface area contributed by atoms with Gasteiger partial charge in [-0.15, -0.1) is 0 Å². The fourth-order valence-corrected chi connectivity index (χ4v) is 0.907. The second-order valence-electron chi connectivity index (χ2n) is 3.32. The van der Waals surface area contributed by atoms with Crippen molar-refractivity contribution in [3.63, 3.8) is 0 Å². The Bertz CT molecular complexity index is 265. The third-order valence-corrected chi connectivity index (χ3v) is 2.08. The number of nitrogens with two attached hydrogens (primary N) is 1. The molecule has 0 aromatic heterocycles. The maximum absolute atomic E-state index is 9.91. The maximum Gasteiger partial charge on any atom is 0.303 e. The first-order chi connectivity index (χ1) is 8.24. The molecule has 0 unspecified atom stereocenters. The third kappa shape index (κ3) is 45.4. The number of hydrogen-bond acceptors (Lipinski definition) is 5. The molecule has 112 valence electrons. The minimum absolute atomic E-state index is 0.219. The first kappa shape index (κ1) is 22.5. The number of nitrogens with one attached hydrogen (secondary N) is 1. The van der Waals surface area contributed by atoms with Crippen molar-refractivity contribution in [1.82, 2.24) is 5.32 Å². The molecule has 0 radical (unpaired) electrons. The van der Waals surface area contributed by atoms with Crippen molar-refractivity contribution in [2.45, 2.75) is 33.1 Å². The molecule has 0 saturated heterocycles. The highest BCUT2D eigenvalue weighted by molar-refractivity contribution is 7.85. The van der Waals surface area contributed by atoms with Gasteiger partial charge in [0.05, 0.1) is 5.75 Å². The van der Waals surface area contributed by atoms with E-state index in [-0.39, 0.29) is 5.75 Å². The van der Waals surface area contributed by atoms with Gasteiger partial charge in [-0.3, -0.25) is 9.35 Å². The number of rotatable bonds is 6. The SMILES string of the molecule is CCCC(=O)O.CCCN.CNCCS(=O)(=O)O. The van der Waals surface area contributed by atoms with E-state index in [1.165, 1.54) is 0 Å². The van der Waals surface area contributed by atoms with E-state index in [0.717, 1.165) is 19.4 Å². The largest absolute Gasteiger partial charge is 0.481 e. The molecule has 5 N–H and O–H groups in total. The number of carbonyl (C=O) groups is 1. The van der Waals surface area contributed by atoms with E-state index in [1.807, 2.05) is 6.92 Å². The van der Waals surface area contributed by atoms with Crippen LogP contribution in [0.3, 0.4) is 0 Å². The van der Waals surface area contributed by atoms with Gasteiger partial charge in [-0.1, -0.05) is 13.8 Å². The summed E-state index contributed by atoms with van der Waals surface area (Å²) in [6, 6.07) is 0. The van der Waals surface area contributed by atoms with Gasteiger partial charge in [-0.2, -0.15) is 8.42 Å². The monoisotopic (exact) mass is 286 g/mol. The van der Waals surface area contributed by atoms with Crippen LogP contribution in [0.2, 0.25) is 0 Å². The second-order valence-corrected chi connectivity index (χ2v) is 4.89. The summed E-state index contributed by atoms with van der Waals surface area (Å²) in [7, 11) is -2.13. The molecule has 0 atom stereocenters. The molecule has 0 bridgehead atoms. The topological polar surface area (TPSA) is 130 Å². The van der Waals surface area contributed by atoms with Gasteiger partial charge in [-0.05, 0) is 26.4 Å². The zero-order chi connectivity index (χ0) is 15.0. The number of carboxylic acid groups (broad SMARTS) is 1. The Hall–Kier alpha value is -0.700. The summed E-state index contributed by atoms with van der Waals surface area (Å²) in [6.45, 7) is 5.01. The first-order valence-electron chi connectivity index (χ1n) is 5.76. The van der Waals surface area contributed by atoms with Crippen molar-refractivity contribution in [2.24, 2.45) is 5.73 Å². The van der Waals surface area contributed by atoms with Gasteiger partial charge >= 0.3 is 5.97 Å². The Labute approximate surface area is 110 Å². The summed E-state index contributed by atoms with van der Waals surface area (Å²) in [4.78, 5) is 9.60. The van der Waals surface area contributed by atoms with E-state index >= 15 is 0 Å². The molecule has 0 rings (SSSR count). The van der Waals surface area contributed by atoms with Crippen LogP contribution >= 0.6 is 0 Å². The molecule has 8 heteroatoms. The van der Waals surface area contributed by atoms with Crippen LogP contribution in [0.25, 0.3) is 0 Å². The predicted molar refractivity (Wildman–Crippen MR) is 72.2 cm³/mol.